The number of amides is 4. The molecule has 61 heavy (non-hydrogen) atoms. The topological polar surface area (TPSA) is 141 Å². The second kappa shape index (κ2) is 20.3. The summed E-state index contributed by atoms with van der Waals surface area (Å²) >= 11 is 6.16. The van der Waals surface area contributed by atoms with E-state index in [-0.39, 0.29) is 54.2 Å². The Morgan fingerprint density at radius 1 is 0.885 bits per heavy atom. The van der Waals surface area contributed by atoms with E-state index in [1.54, 1.807) is 9.80 Å². The van der Waals surface area contributed by atoms with Crippen LogP contribution < -0.4 is 11.1 Å². The number of halogens is 4. The smallest absolute Gasteiger partial charge is 0.418 e. The van der Waals surface area contributed by atoms with Gasteiger partial charge in [0, 0.05) is 83.1 Å². The molecule has 0 unspecified atom stereocenters. The van der Waals surface area contributed by atoms with Crippen LogP contribution in [0, 0.1) is 0 Å². The van der Waals surface area contributed by atoms with E-state index >= 15 is 0 Å². The van der Waals surface area contributed by atoms with Crippen LogP contribution in [-0.4, -0.2) is 138 Å². The van der Waals surface area contributed by atoms with Gasteiger partial charge in [0.1, 0.15) is 5.54 Å². The number of urea groups is 1. The summed E-state index contributed by atoms with van der Waals surface area (Å²) in [7, 11) is 0. The molecule has 13 nitrogen and oxygen atoms in total. The second-order valence-electron chi connectivity index (χ2n) is 17.2. The highest BCUT2D eigenvalue weighted by Gasteiger charge is 2.41. The molecule has 4 amide bonds. The number of likely N-dealkylation sites (tertiary alicyclic amines) is 2. The lowest BCUT2D eigenvalue weighted by Crippen LogP contribution is -2.59. The Morgan fingerprint density at radius 3 is 2.23 bits per heavy atom. The van der Waals surface area contributed by atoms with Gasteiger partial charge in [-0.25, -0.2) is 9.59 Å². The largest absolute Gasteiger partial charge is 0.464 e. The average Bonchev–Trinajstić information content (AvgIpc) is 3.41. The molecule has 0 bridgehead atoms. The van der Waals surface area contributed by atoms with Crippen molar-refractivity contribution in [3.05, 3.63) is 58.1 Å². The highest BCUT2D eigenvalue weighted by Crippen LogP contribution is 2.38. The number of ether oxygens (including phenoxy) is 2. The van der Waals surface area contributed by atoms with Gasteiger partial charge in [0.15, 0.2) is 6.10 Å². The molecule has 3 N–H and O–H groups in total. The monoisotopic (exact) mass is 875 g/mol. The van der Waals surface area contributed by atoms with Crippen molar-refractivity contribution in [3.8, 4) is 0 Å². The van der Waals surface area contributed by atoms with E-state index in [4.69, 9.17) is 26.8 Å². The van der Waals surface area contributed by atoms with Crippen LogP contribution in [0.5, 0.6) is 0 Å². The number of para-hydroxylation sites is 1. The quantitative estimate of drug-likeness (QED) is 0.123. The Balaban J connectivity index is 1.06. The molecule has 4 aliphatic heterocycles. The molecule has 4 aliphatic rings. The Labute approximate surface area is 362 Å². The molecule has 3 saturated heterocycles. The molecule has 0 spiro atoms. The van der Waals surface area contributed by atoms with E-state index in [1.807, 2.05) is 38.1 Å². The molecule has 0 saturated carbocycles. The Hall–Kier alpha value is -4.28. The first-order valence-electron chi connectivity index (χ1n) is 21.8. The number of fused-ring (bicyclic) bond motifs is 1. The molecule has 6 rings (SSSR count). The van der Waals surface area contributed by atoms with Gasteiger partial charge in [-0.2, -0.15) is 13.2 Å². The normalized spacial score (nSPS) is 19.5. The number of nitrogen functional groups attached to an aromatic ring is 1. The van der Waals surface area contributed by atoms with Crippen LogP contribution in [0.3, 0.4) is 0 Å². The molecule has 0 radical (unpaired) electrons. The predicted molar refractivity (Wildman–Crippen MR) is 227 cm³/mol. The van der Waals surface area contributed by atoms with Crippen LogP contribution in [0.2, 0.25) is 5.02 Å². The third-order valence-corrected chi connectivity index (χ3v) is 13.2. The van der Waals surface area contributed by atoms with E-state index in [9.17, 15) is 32.3 Å². The van der Waals surface area contributed by atoms with Crippen molar-refractivity contribution in [2.45, 2.75) is 115 Å². The Morgan fingerprint density at radius 2 is 1.56 bits per heavy atom. The number of anilines is 2. The summed E-state index contributed by atoms with van der Waals surface area (Å²) < 4.78 is 53.4. The summed E-state index contributed by atoms with van der Waals surface area (Å²) in [4.78, 5) is 63.5. The average molecular weight is 876 g/mol. The van der Waals surface area contributed by atoms with E-state index < -0.39 is 41.1 Å². The first-order chi connectivity index (χ1) is 29.1. The minimum Gasteiger partial charge on any atom is -0.464 e. The first-order valence-corrected chi connectivity index (χ1v) is 22.2. The molecule has 2 aromatic carbocycles. The summed E-state index contributed by atoms with van der Waals surface area (Å²) in [5.41, 5.74) is 5.10. The Kier molecular flexibility index (Phi) is 15.4. The maximum atomic E-state index is 14.2. The number of esters is 1. The van der Waals surface area contributed by atoms with Crippen molar-refractivity contribution >= 4 is 47.0 Å². The number of piperidine rings is 2. The third kappa shape index (κ3) is 11.4. The van der Waals surface area contributed by atoms with Crippen LogP contribution in [0.1, 0.15) is 88.8 Å². The number of unbranched alkanes of at least 4 members (excludes halogenated alkanes) is 3. The van der Waals surface area contributed by atoms with Crippen LogP contribution >= 0.6 is 11.6 Å². The number of nitrogens with zero attached hydrogens (tertiary/aromatic N) is 5. The summed E-state index contributed by atoms with van der Waals surface area (Å²) in [5.74, 6) is -0.714. The van der Waals surface area contributed by atoms with Crippen LogP contribution in [0.25, 0.3) is 0 Å². The van der Waals surface area contributed by atoms with Gasteiger partial charge >= 0.3 is 24.3 Å². The standard InChI is InChI=1S/C44H61ClF3N7O6/c1-4-5-6-9-26-60-40(57)43(2,3)54-19-15-32(16-20-54)51-22-24-52(25-23-51)39(56)37(29-30-27-34(44(46,47)48)38(49)35(45)28-30)61-42(59)53-17-13-33(14-18-53)55-21-12-31-10-7-8-11-36(31)50-41(55)58/h7-8,10-11,27-28,32-33,37H,4-6,9,12-26,29,49H2,1-3H3,(H,50,58)/t37-/m1/s1. The Bertz CT molecular complexity index is 1860. The molecule has 0 aromatic heterocycles. The summed E-state index contributed by atoms with van der Waals surface area (Å²) in [5, 5.41) is 2.68. The van der Waals surface area contributed by atoms with Crippen molar-refractivity contribution in [2.75, 3.05) is 76.6 Å². The number of hydrogen-bond acceptors (Lipinski definition) is 9. The zero-order valence-corrected chi connectivity index (χ0v) is 36.4. The molecule has 2 aromatic rings. The van der Waals surface area contributed by atoms with Gasteiger partial charge in [0.05, 0.1) is 22.9 Å². The number of carbonyl (C=O) groups excluding carboxylic acids is 4. The number of rotatable bonds is 13. The van der Waals surface area contributed by atoms with Gasteiger partial charge in [-0.15, -0.1) is 0 Å². The van der Waals surface area contributed by atoms with Crippen molar-refractivity contribution in [1.82, 2.24) is 24.5 Å². The fraction of sp³-hybridized carbons (Fsp3) is 0.636. The van der Waals surface area contributed by atoms with Crippen LogP contribution in [-0.2, 0) is 38.1 Å². The van der Waals surface area contributed by atoms with E-state index in [1.165, 1.54) is 11.0 Å². The predicted octanol–water partition coefficient (Wildman–Crippen LogP) is 7.05. The maximum absolute atomic E-state index is 14.2. The van der Waals surface area contributed by atoms with Crippen molar-refractivity contribution in [2.24, 2.45) is 0 Å². The molecular formula is C44H61ClF3N7O6. The number of alkyl halides is 3. The maximum Gasteiger partial charge on any atom is 0.418 e. The highest BCUT2D eigenvalue weighted by atomic mass is 35.5. The minimum atomic E-state index is -4.79. The highest BCUT2D eigenvalue weighted by molar-refractivity contribution is 6.33. The second-order valence-corrected chi connectivity index (χ2v) is 17.6. The summed E-state index contributed by atoms with van der Waals surface area (Å²) in [6.45, 7) is 10.7. The van der Waals surface area contributed by atoms with Gasteiger partial charge in [-0.1, -0.05) is 56.0 Å². The lowest BCUT2D eigenvalue weighted by atomic mass is 9.95. The van der Waals surface area contributed by atoms with Gasteiger partial charge in [-0.05, 0) is 81.7 Å². The third-order valence-electron chi connectivity index (χ3n) is 12.9. The number of piperazine rings is 1. The molecule has 336 valence electrons. The van der Waals surface area contributed by atoms with Crippen LogP contribution in [0.4, 0.5) is 34.1 Å². The van der Waals surface area contributed by atoms with Gasteiger partial charge < -0.3 is 35.2 Å². The minimum absolute atomic E-state index is 0.0539. The summed E-state index contributed by atoms with van der Waals surface area (Å²) in [6, 6.07) is 9.73. The summed E-state index contributed by atoms with van der Waals surface area (Å²) in [6.07, 6.45) is 0.171. The molecule has 3 fully saturated rings. The fourth-order valence-corrected chi connectivity index (χ4v) is 9.26. The number of carbonyl (C=O) groups is 4. The SMILES string of the molecule is CCCCCCOC(=O)C(C)(C)N1CCC(N2CCN(C(=O)[C@@H](Cc3cc(Cl)c(N)c(C(F)(F)F)c3)OC(=O)N3CCC(N4CCc5ccccc5NC4=O)CC3)CC2)CC1. The van der Waals surface area contributed by atoms with E-state index in [0.29, 0.717) is 58.6 Å². The van der Waals surface area contributed by atoms with Gasteiger partial charge in [0.25, 0.3) is 5.91 Å². The molecule has 17 heteroatoms. The fourth-order valence-electron chi connectivity index (χ4n) is 9.01. The molecule has 1 atom stereocenters. The first kappa shape index (κ1) is 46.2. The number of hydrogen-bond donors (Lipinski definition) is 2. The zero-order chi connectivity index (χ0) is 43.9. The molecular weight excluding hydrogens is 815 g/mol. The van der Waals surface area contributed by atoms with E-state index in [0.717, 1.165) is 68.9 Å². The van der Waals surface area contributed by atoms with Crippen LogP contribution in [0.15, 0.2) is 36.4 Å². The lowest BCUT2D eigenvalue weighted by molar-refractivity contribution is -0.157. The molecule has 0 aliphatic carbocycles. The number of benzene rings is 2. The van der Waals surface area contributed by atoms with E-state index in [2.05, 4.69) is 22.0 Å². The van der Waals surface area contributed by atoms with Gasteiger partial charge in [0.2, 0.25) is 0 Å². The van der Waals surface area contributed by atoms with Crippen molar-refractivity contribution in [1.29, 1.82) is 0 Å². The lowest BCUT2D eigenvalue weighted by Gasteiger charge is -2.46. The van der Waals surface area contributed by atoms with Gasteiger partial charge in [-0.3, -0.25) is 19.4 Å². The number of nitrogens with one attached hydrogen (secondary N) is 1. The molecule has 4 heterocycles. The van der Waals surface area contributed by atoms with Crippen molar-refractivity contribution < 1.29 is 41.8 Å². The number of nitrogens with two attached hydrogens (primary N) is 1. The zero-order valence-electron chi connectivity index (χ0n) is 35.6. The van der Waals surface area contributed by atoms with Crippen molar-refractivity contribution in [3.63, 3.8) is 0 Å².